The van der Waals surface area contributed by atoms with Crippen LogP contribution in [0.5, 0.6) is 5.75 Å². The molecule has 0 bridgehead atoms. The summed E-state index contributed by atoms with van der Waals surface area (Å²) in [7, 11) is 0. The molecular weight excluding hydrogens is 216 g/mol. The van der Waals surface area contributed by atoms with Gasteiger partial charge in [-0.3, -0.25) is 0 Å². The molecule has 0 N–H and O–H groups in total. The van der Waals surface area contributed by atoms with Crippen LogP contribution in [0.15, 0.2) is 28.7 Å². The normalized spacial score (nSPS) is 10.3. The number of nitrogens with zero attached hydrogens (tertiary/aromatic N) is 2. The largest absolute Gasteiger partial charge is 0.494 e. The van der Waals surface area contributed by atoms with Gasteiger partial charge in [0.2, 0.25) is 5.89 Å². The van der Waals surface area contributed by atoms with E-state index in [4.69, 9.17) is 20.8 Å². The van der Waals surface area contributed by atoms with Crippen molar-refractivity contribution in [2.75, 3.05) is 6.61 Å². The molecule has 0 fully saturated rings. The Labute approximate surface area is 91.8 Å². The van der Waals surface area contributed by atoms with Crippen LogP contribution < -0.4 is 4.74 Å². The van der Waals surface area contributed by atoms with E-state index in [0.29, 0.717) is 12.5 Å². The first-order valence-corrected chi connectivity index (χ1v) is 4.89. The number of halogens is 1. The minimum Gasteiger partial charge on any atom is -0.494 e. The second-order valence-corrected chi connectivity index (χ2v) is 3.14. The molecule has 2 aromatic rings. The standard InChI is InChI=1S/C10H9ClN2O2/c1-2-14-8-5-3-7(4-6-8)9-12-13-10(11)15-9/h3-6H,2H2,1H3. The molecule has 2 rings (SSSR count). The summed E-state index contributed by atoms with van der Waals surface area (Å²) in [6, 6.07) is 7.37. The van der Waals surface area contributed by atoms with Gasteiger partial charge in [-0.1, -0.05) is 5.10 Å². The Kier molecular flexibility index (Phi) is 2.87. The zero-order valence-corrected chi connectivity index (χ0v) is 8.86. The van der Waals surface area contributed by atoms with Crippen molar-refractivity contribution in [2.45, 2.75) is 6.92 Å². The average molecular weight is 225 g/mol. The van der Waals surface area contributed by atoms with Gasteiger partial charge in [0.05, 0.1) is 6.61 Å². The van der Waals surface area contributed by atoms with Crippen LogP contribution in [-0.4, -0.2) is 16.8 Å². The van der Waals surface area contributed by atoms with Gasteiger partial charge in [-0.05, 0) is 42.8 Å². The van der Waals surface area contributed by atoms with Crippen molar-refractivity contribution in [2.24, 2.45) is 0 Å². The second kappa shape index (κ2) is 4.31. The van der Waals surface area contributed by atoms with Crippen LogP contribution in [0.25, 0.3) is 11.5 Å². The highest BCUT2D eigenvalue weighted by atomic mass is 35.5. The molecule has 1 aromatic heterocycles. The molecule has 0 spiro atoms. The van der Waals surface area contributed by atoms with E-state index in [1.165, 1.54) is 0 Å². The lowest BCUT2D eigenvalue weighted by Gasteiger charge is -2.02. The molecule has 0 aliphatic heterocycles. The second-order valence-electron chi connectivity index (χ2n) is 2.82. The topological polar surface area (TPSA) is 48.2 Å². The minimum absolute atomic E-state index is 0.0406. The van der Waals surface area contributed by atoms with Gasteiger partial charge in [0.25, 0.3) is 0 Å². The fourth-order valence-corrected chi connectivity index (χ4v) is 1.29. The van der Waals surface area contributed by atoms with Crippen molar-refractivity contribution in [3.63, 3.8) is 0 Å². The molecule has 15 heavy (non-hydrogen) atoms. The van der Waals surface area contributed by atoms with Crippen LogP contribution >= 0.6 is 11.6 Å². The van der Waals surface area contributed by atoms with E-state index in [-0.39, 0.29) is 5.35 Å². The summed E-state index contributed by atoms with van der Waals surface area (Å²) >= 11 is 5.53. The Morgan fingerprint density at radius 3 is 2.53 bits per heavy atom. The number of ether oxygens (including phenoxy) is 1. The molecule has 0 aliphatic rings. The molecule has 5 heteroatoms. The van der Waals surface area contributed by atoms with Gasteiger partial charge < -0.3 is 9.15 Å². The monoisotopic (exact) mass is 224 g/mol. The first-order valence-electron chi connectivity index (χ1n) is 4.52. The summed E-state index contributed by atoms with van der Waals surface area (Å²) < 4.78 is 10.4. The van der Waals surface area contributed by atoms with Gasteiger partial charge in [0.1, 0.15) is 5.75 Å². The van der Waals surface area contributed by atoms with Crippen molar-refractivity contribution in [3.05, 3.63) is 29.6 Å². The molecule has 0 saturated heterocycles. The van der Waals surface area contributed by atoms with Crippen molar-refractivity contribution in [3.8, 4) is 17.2 Å². The summed E-state index contributed by atoms with van der Waals surface area (Å²) in [4.78, 5) is 0. The highest BCUT2D eigenvalue weighted by Gasteiger charge is 2.06. The SMILES string of the molecule is CCOc1ccc(-c2nnc(Cl)o2)cc1. The third kappa shape index (κ3) is 2.27. The lowest BCUT2D eigenvalue weighted by molar-refractivity contribution is 0.340. The summed E-state index contributed by atoms with van der Waals surface area (Å²) in [5, 5.41) is 7.38. The Hall–Kier alpha value is -1.55. The summed E-state index contributed by atoms with van der Waals surface area (Å²) in [6.07, 6.45) is 0. The fraction of sp³-hybridized carbons (Fsp3) is 0.200. The van der Waals surface area contributed by atoms with E-state index in [1.807, 2.05) is 31.2 Å². The summed E-state index contributed by atoms with van der Waals surface area (Å²) in [5.74, 6) is 1.22. The quantitative estimate of drug-likeness (QED) is 0.804. The Balaban J connectivity index is 2.23. The number of hydrogen-bond donors (Lipinski definition) is 0. The lowest BCUT2D eigenvalue weighted by atomic mass is 10.2. The maximum absolute atomic E-state index is 5.53. The molecule has 78 valence electrons. The predicted octanol–water partition coefficient (Wildman–Crippen LogP) is 2.79. The van der Waals surface area contributed by atoms with Crippen molar-refractivity contribution in [1.82, 2.24) is 10.2 Å². The summed E-state index contributed by atoms with van der Waals surface area (Å²) in [6.45, 7) is 2.58. The molecular formula is C10H9ClN2O2. The Bertz CT molecular complexity index is 439. The van der Waals surface area contributed by atoms with Crippen LogP contribution in [-0.2, 0) is 0 Å². The van der Waals surface area contributed by atoms with Crippen molar-refractivity contribution >= 4 is 11.6 Å². The van der Waals surface area contributed by atoms with Gasteiger partial charge in [0, 0.05) is 5.56 Å². The molecule has 1 heterocycles. The maximum Gasteiger partial charge on any atom is 0.313 e. The van der Waals surface area contributed by atoms with Gasteiger partial charge in [-0.2, -0.15) is 0 Å². The zero-order chi connectivity index (χ0) is 10.7. The van der Waals surface area contributed by atoms with Crippen LogP contribution in [0.4, 0.5) is 0 Å². The molecule has 0 aliphatic carbocycles. The van der Waals surface area contributed by atoms with E-state index < -0.39 is 0 Å². The van der Waals surface area contributed by atoms with Crippen LogP contribution in [0.2, 0.25) is 5.35 Å². The van der Waals surface area contributed by atoms with Gasteiger partial charge in [-0.25, -0.2) is 0 Å². The van der Waals surface area contributed by atoms with Crippen LogP contribution in [0, 0.1) is 0 Å². The van der Waals surface area contributed by atoms with E-state index in [2.05, 4.69) is 10.2 Å². The van der Waals surface area contributed by atoms with Crippen LogP contribution in [0.1, 0.15) is 6.92 Å². The Morgan fingerprint density at radius 1 is 1.27 bits per heavy atom. The third-order valence-electron chi connectivity index (χ3n) is 1.81. The van der Waals surface area contributed by atoms with Gasteiger partial charge in [-0.15, -0.1) is 5.10 Å². The maximum atomic E-state index is 5.53. The summed E-state index contributed by atoms with van der Waals surface area (Å²) in [5.41, 5.74) is 0.817. The molecule has 0 atom stereocenters. The van der Waals surface area contributed by atoms with Crippen LogP contribution in [0.3, 0.4) is 0 Å². The van der Waals surface area contributed by atoms with E-state index in [9.17, 15) is 0 Å². The molecule has 0 saturated carbocycles. The molecule has 1 aromatic carbocycles. The number of benzene rings is 1. The van der Waals surface area contributed by atoms with Crippen molar-refractivity contribution in [1.29, 1.82) is 0 Å². The first kappa shape index (κ1) is 9.98. The molecule has 0 radical (unpaired) electrons. The molecule has 0 amide bonds. The third-order valence-corrected chi connectivity index (χ3v) is 1.97. The fourth-order valence-electron chi connectivity index (χ4n) is 1.18. The predicted molar refractivity (Wildman–Crippen MR) is 55.9 cm³/mol. The molecule has 0 unspecified atom stereocenters. The number of aromatic nitrogens is 2. The minimum atomic E-state index is 0.0406. The Morgan fingerprint density at radius 2 is 2.00 bits per heavy atom. The van der Waals surface area contributed by atoms with Gasteiger partial charge in [0.15, 0.2) is 0 Å². The number of rotatable bonds is 3. The zero-order valence-electron chi connectivity index (χ0n) is 8.11. The van der Waals surface area contributed by atoms with E-state index in [0.717, 1.165) is 11.3 Å². The van der Waals surface area contributed by atoms with E-state index in [1.54, 1.807) is 0 Å². The van der Waals surface area contributed by atoms with Gasteiger partial charge >= 0.3 is 5.35 Å². The lowest BCUT2D eigenvalue weighted by Crippen LogP contribution is -1.90. The number of hydrogen-bond acceptors (Lipinski definition) is 4. The highest BCUT2D eigenvalue weighted by Crippen LogP contribution is 2.22. The smallest absolute Gasteiger partial charge is 0.313 e. The van der Waals surface area contributed by atoms with Crippen molar-refractivity contribution < 1.29 is 9.15 Å². The molecule has 4 nitrogen and oxygen atoms in total. The first-order chi connectivity index (χ1) is 7.29. The average Bonchev–Trinajstić information content (AvgIpc) is 2.67. The van der Waals surface area contributed by atoms with E-state index >= 15 is 0 Å². The highest BCUT2D eigenvalue weighted by molar-refractivity contribution is 6.27.